The Kier molecular flexibility index (Phi) is 6.46. The molecule has 2 aromatic carbocycles. The number of hydrazone groups is 1. The van der Waals surface area contributed by atoms with Crippen LogP contribution in [0.1, 0.15) is 36.3 Å². The first kappa shape index (κ1) is 21.0. The van der Waals surface area contributed by atoms with Crippen molar-refractivity contribution in [3.8, 4) is 11.5 Å². The molecule has 3 aromatic rings. The van der Waals surface area contributed by atoms with E-state index in [1.165, 1.54) is 4.68 Å². The molecule has 3 rings (SSSR count). The minimum atomic E-state index is -0.486. The fraction of sp³-hybridized carbons (Fsp3) is 0.273. The third-order valence-electron chi connectivity index (χ3n) is 4.73. The molecule has 8 nitrogen and oxygen atoms in total. The second-order valence-corrected chi connectivity index (χ2v) is 6.44. The van der Waals surface area contributed by atoms with E-state index in [4.69, 9.17) is 9.47 Å². The largest absolute Gasteiger partial charge is 0.493 e. The van der Waals surface area contributed by atoms with Crippen molar-refractivity contribution in [1.82, 2.24) is 15.2 Å². The number of hydrogen-bond acceptors (Lipinski definition) is 6. The average molecular weight is 408 g/mol. The van der Waals surface area contributed by atoms with Crippen LogP contribution in [0.25, 0.3) is 10.8 Å². The van der Waals surface area contributed by atoms with Crippen LogP contribution in [0.4, 0.5) is 0 Å². The molecule has 0 atom stereocenters. The van der Waals surface area contributed by atoms with Gasteiger partial charge in [0.25, 0.3) is 11.5 Å². The number of methoxy groups -OCH3 is 2. The lowest BCUT2D eigenvalue weighted by molar-refractivity contribution is 0.0949. The average Bonchev–Trinajstić information content (AvgIpc) is 2.79. The molecule has 0 fully saturated rings. The number of carbonyl (C=O) groups excluding carboxylic acids is 1. The Morgan fingerprint density at radius 2 is 1.77 bits per heavy atom. The van der Waals surface area contributed by atoms with Gasteiger partial charge in [-0.2, -0.15) is 10.2 Å². The Labute approximate surface area is 174 Å². The van der Waals surface area contributed by atoms with Gasteiger partial charge >= 0.3 is 0 Å². The zero-order chi connectivity index (χ0) is 21.7. The molecule has 0 unspecified atom stereocenters. The number of rotatable bonds is 7. The van der Waals surface area contributed by atoms with Crippen molar-refractivity contribution < 1.29 is 14.3 Å². The standard InChI is InChI=1S/C22H24N4O4/c1-5-17(14-11-12-18(29-3)19(13-14)30-4)23-24-21(27)20-15-9-7-8-10-16(15)22(28)26(6-2)25-20/h7-13H,5-6H2,1-4H3,(H,24,27)/b23-17+. The first-order chi connectivity index (χ1) is 14.5. The molecule has 0 bridgehead atoms. The van der Waals surface area contributed by atoms with Crippen LogP contribution >= 0.6 is 0 Å². The molecular weight excluding hydrogens is 384 g/mol. The summed E-state index contributed by atoms with van der Waals surface area (Å²) in [6.07, 6.45) is 0.582. The smallest absolute Gasteiger partial charge is 0.292 e. The number of aryl methyl sites for hydroxylation is 1. The summed E-state index contributed by atoms with van der Waals surface area (Å²) in [7, 11) is 3.13. The molecule has 0 aliphatic heterocycles. The predicted octanol–water partition coefficient (Wildman–Crippen LogP) is 2.98. The number of carbonyl (C=O) groups is 1. The number of fused-ring (bicyclic) bond motifs is 1. The lowest BCUT2D eigenvalue weighted by Crippen LogP contribution is -2.29. The van der Waals surface area contributed by atoms with Gasteiger partial charge in [0.2, 0.25) is 0 Å². The maximum Gasteiger partial charge on any atom is 0.292 e. The first-order valence-corrected chi connectivity index (χ1v) is 9.63. The van der Waals surface area contributed by atoms with Crippen LogP contribution in [0, 0.1) is 0 Å². The van der Waals surface area contributed by atoms with Gasteiger partial charge in [0, 0.05) is 17.5 Å². The number of amides is 1. The predicted molar refractivity (Wildman–Crippen MR) is 116 cm³/mol. The van der Waals surface area contributed by atoms with Crippen LogP contribution in [0.15, 0.2) is 52.4 Å². The molecule has 0 saturated heterocycles. The van der Waals surface area contributed by atoms with Crippen molar-refractivity contribution >= 4 is 22.4 Å². The van der Waals surface area contributed by atoms with Gasteiger partial charge < -0.3 is 9.47 Å². The molecule has 1 N–H and O–H groups in total. The molecule has 1 heterocycles. The van der Waals surface area contributed by atoms with E-state index in [0.717, 1.165) is 5.56 Å². The summed E-state index contributed by atoms with van der Waals surface area (Å²) in [6, 6.07) is 12.4. The van der Waals surface area contributed by atoms with Crippen molar-refractivity contribution in [3.05, 3.63) is 64.1 Å². The van der Waals surface area contributed by atoms with Gasteiger partial charge in [-0.15, -0.1) is 0 Å². The van der Waals surface area contributed by atoms with E-state index in [-0.39, 0.29) is 11.3 Å². The van der Waals surface area contributed by atoms with Gasteiger partial charge in [-0.25, -0.2) is 10.1 Å². The number of nitrogens with one attached hydrogen (secondary N) is 1. The van der Waals surface area contributed by atoms with E-state index in [9.17, 15) is 9.59 Å². The second-order valence-electron chi connectivity index (χ2n) is 6.44. The van der Waals surface area contributed by atoms with Gasteiger partial charge in [-0.1, -0.05) is 25.1 Å². The van der Waals surface area contributed by atoms with E-state index in [2.05, 4.69) is 15.6 Å². The number of nitrogens with zero attached hydrogens (tertiary/aromatic N) is 3. The monoisotopic (exact) mass is 408 g/mol. The highest BCUT2D eigenvalue weighted by Crippen LogP contribution is 2.28. The van der Waals surface area contributed by atoms with Gasteiger partial charge in [0.15, 0.2) is 17.2 Å². The Bertz CT molecular complexity index is 1170. The summed E-state index contributed by atoms with van der Waals surface area (Å²) in [5.74, 6) is 0.697. The lowest BCUT2D eigenvalue weighted by atomic mass is 10.1. The van der Waals surface area contributed by atoms with Crippen LogP contribution < -0.4 is 20.5 Å². The maximum absolute atomic E-state index is 12.9. The summed E-state index contributed by atoms with van der Waals surface area (Å²) in [5, 5.41) is 9.46. The van der Waals surface area contributed by atoms with Crippen molar-refractivity contribution in [2.24, 2.45) is 5.10 Å². The van der Waals surface area contributed by atoms with Gasteiger partial charge in [-0.3, -0.25) is 9.59 Å². The van der Waals surface area contributed by atoms with Crippen LogP contribution in [0.5, 0.6) is 11.5 Å². The Hall–Kier alpha value is -3.68. The highest BCUT2D eigenvalue weighted by molar-refractivity contribution is 6.06. The van der Waals surface area contributed by atoms with E-state index < -0.39 is 5.91 Å². The summed E-state index contributed by atoms with van der Waals surface area (Å²) >= 11 is 0. The highest BCUT2D eigenvalue weighted by Gasteiger charge is 2.16. The quantitative estimate of drug-likeness (QED) is 0.479. The van der Waals surface area contributed by atoms with Crippen molar-refractivity contribution in [2.75, 3.05) is 14.2 Å². The van der Waals surface area contributed by atoms with Crippen LogP contribution in [-0.2, 0) is 6.54 Å². The topological polar surface area (TPSA) is 94.8 Å². The van der Waals surface area contributed by atoms with E-state index in [1.807, 2.05) is 13.0 Å². The molecule has 30 heavy (non-hydrogen) atoms. The van der Waals surface area contributed by atoms with Crippen molar-refractivity contribution in [2.45, 2.75) is 26.8 Å². The number of hydrogen-bond donors (Lipinski definition) is 1. The van der Waals surface area contributed by atoms with Gasteiger partial charge in [-0.05, 0) is 37.6 Å². The van der Waals surface area contributed by atoms with E-state index in [1.54, 1.807) is 57.5 Å². The summed E-state index contributed by atoms with van der Waals surface area (Å²) in [5.41, 5.74) is 3.96. The SMILES string of the molecule is CC/C(=N\NC(=O)c1nn(CC)c(=O)c2ccccc12)c1ccc(OC)c(OC)c1. The minimum absolute atomic E-state index is 0.151. The van der Waals surface area contributed by atoms with Crippen LogP contribution in [0.2, 0.25) is 0 Å². The minimum Gasteiger partial charge on any atom is -0.493 e. The Morgan fingerprint density at radius 1 is 1.07 bits per heavy atom. The molecule has 0 radical (unpaired) electrons. The third kappa shape index (κ3) is 4.03. The molecule has 0 saturated carbocycles. The highest BCUT2D eigenvalue weighted by atomic mass is 16.5. The van der Waals surface area contributed by atoms with E-state index in [0.29, 0.717) is 40.9 Å². The van der Waals surface area contributed by atoms with Gasteiger partial charge in [0.05, 0.1) is 25.3 Å². The van der Waals surface area contributed by atoms with Crippen molar-refractivity contribution in [3.63, 3.8) is 0 Å². The molecule has 1 amide bonds. The molecule has 1 aromatic heterocycles. The molecule has 156 valence electrons. The number of ether oxygens (including phenoxy) is 2. The fourth-order valence-electron chi connectivity index (χ4n) is 3.15. The van der Waals surface area contributed by atoms with Crippen LogP contribution in [0.3, 0.4) is 0 Å². The first-order valence-electron chi connectivity index (χ1n) is 9.63. The molecule has 8 heteroatoms. The maximum atomic E-state index is 12.9. The second kappa shape index (κ2) is 9.21. The fourth-order valence-corrected chi connectivity index (χ4v) is 3.15. The van der Waals surface area contributed by atoms with Gasteiger partial charge in [0.1, 0.15) is 0 Å². The summed E-state index contributed by atoms with van der Waals surface area (Å²) in [4.78, 5) is 25.3. The number of benzene rings is 2. The normalized spacial score (nSPS) is 11.4. The molecular formula is C22H24N4O4. The summed E-state index contributed by atoms with van der Waals surface area (Å²) < 4.78 is 11.9. The third-order valence-corrected chi connectivity index (χ3v) is 4.73. The zero-order valence-corrected chi connectivity index (χ0v) is 17.4. The molecule has 0 aliphatic carbocycles. The van der Waals surface area contributed by atoms with Crippen LogP contribution in [-0.4, -0.2) is 35.6 Å². The lowest BCUT2D eigenvalue weighted by Gasteiger charge is -2.11. The molecule has 0 spiro atoms. The van der Waals surface area contributed by atoms with Crippen molar-refractivity contribution in [1.29, 1.82) is 0 Å². The zero-order valence-electron chi connectivity index (χ0n) is 17.4. The Morgan fingerprint density at radius 3 is 2.40 bits per heavy atom. The summed E-state index contributed by atoms with van der Waals surface area (Å²) in [6.45, 7) is 4.10. The number of aromatic nitrogens is 2. The Balaban J connectivity index is 1.96. The molecule has 0 aliphatic rings. The van der Waals surface area contributed by atoms with E-state index >= 15 is 0 Å².